The molecule has 0 aromatic heterocycles. The van der Waals surface area contributed by atoms with Crippen molar-refractivity contribution in [2.75, 3.05) is 0 Å². The van der Waals surface area contributed by atoms with Crippen LogP contribution >= 0.6 is 0 Å². The van der Waals surface area contributed by atoms with Gasteiger partial charge in [-0.25, -0.2) is 0 Å². The number of aliphatic hydroxyl groups is 1. The second-order valence-electron chi connectivity index (χ2n) is 13.3. The zero-order valence-electron chi connectivity index (χ0n) is 21.8. The zero-order valence-corrected chi connectivity index (χ0v) is 21.8. The van der Waals surface area contributed by atoms with Gasteiger partial charge in [0.05, 0.1) is 0 Å². The lowest BCUT2D eigenvalue weighted by atomic mass is 9.42. The molecule has 9 atom stereocenters. The summed E-state index contributed by atoms with van der Waals surface area (Å²) < 4.78 is 5.73. The highest BCUT2D eigenvalue weighted by atomic mass is 16.6. The van der Waals surface area contributed by atoms with Crippen molar-refractivity contribution < 1.29 is 14.6 Å². The van der Waals surface area contributed by atoms with E-state index < -0.39 is 5.60 Å². The molecule has 0 saturated heterocycles. The summed E-state index contributed by atoms with van der Waals surface area (Å²) in [6.45, 7) is 13.7. The van der Waals surface area contributed by atoms with Gasteiger partial charge >= 0.3 is 5.97 Å². The molecule has 4 fully saturated rings. The van der Waals surface area contributed by atoms with Crippen LogP contribution in [0.25, 0.3) is 0 Å². The van der Waals surface area contributed by atoms with Crippen LogP contribution in [0.5, 0.6) is 0 Å². The summed E-state index contributed by atoms with van der Waals surface area (Å²) in [6.07, 6.45) is 14.1. The Labute approximate surface area is 197 Å². The van der Waals surface area contributed by atoms with Crippen molar-refractivity contribution >= 4 is 5.97 Å². The minimum Gasteiger partial charge on any atom is -0.459 e. The van der Waals surface area contributed by atoms with Gasteiger partial charge in [0.1, 0.15) is 11.7 Å². The van der Waals surface area contributed by atoms with Gasteiger partial charge in [0, 0.05) is 12.3 Å². The van der Waals surface area contributed by atoms with Crippen LogP contribution in [0.15, 0.2) is 0 Å². The van der Waals surface area contributed by atoms with Crippen molar-refractivity contribution in [3.63, 3.8) is 0 Å². The van der Waals surface area contributed by atoms with Crippen LogP contribution in [0.1, 0.15) is 119 Å². The highest BCUT2D eigenvalue weighted by Crippen LogP contribution is 2.69. The first-order valence-corrected chi connectivity index (χ1v) is 13.9. The van der Waals surface area contributed by atoms with Crippen LogP contribution in [0.4, 0.5) is 0 Å². The number of esters is 1. The molecule has 4 rings (SSSR count). The Bertz CT molecular complexity index is 688. The number of hydrogen-bond donors (Lipinski definition) is 1. The third-order valence-corrected chi connectivity index (χ3v) is 11.3. The monoisotopic (exact) mass is 446 g/mol. The molecule has 4 saturated carbocycles. The van der Waals surface area contributed by atoms with Gasteiger partial charge in [-0.15, -0.1) is 0 Å². The van der Waals surface area contributed by atoms with Crippen LogP contribution < -0.4 is 0 Å². The highest BCUT2D eigenvalue weighted by molar-refractivity contribution is 5.66. The minimum absolute atomic E-state index is 0.115. The van der Waals surface area contributed by atoms with E-state index in [0.717, 1.165) is 61.7 Å². The lowest BCUT2D eigenvalue weighted by Gasteiger charge is -2.64. The second kappa shape index (κ2) is 8.90. The molecule has 0 unspecified atom stereocenters. The molecule has 0 heterocycles. The van der Waals surface area contributed by atoms with Gasteiger partial charge in [-0.05, 0) is 98.7 Å². The van der Waals surface area contributed by atoms with Crippen LogP contribution in [-0.2, 0) is 9.53 Å². The average Bonchev–Trinajstić information content (AvgIpc) is 3.06. The Morgan fingerprint density at radius 2 is 1.72 bits per heavy atom. The Hall–Kier alpha value is -0.570. The summed E-state index contributed by atoms with van der Waals surface area (Å²) >= 11 is 0. The maximum atomic E-state index is 12.0. The SMILES string of the molecule is CC(=O)O[C@H]1CCC[C@]2(C)[C@H]3CC[C@]4(C)[C@@H]([C@H](C)CCCC(C)C)CC[C@H]4[C@@H]3CC[C@@]12O. The van der Waals surface area contributed by atoms with Crippen LogP contribution in [-0.4, -0.2) is 22.8 Å². The van der Waals surface area contributed by atoms with Crippen LogP contribution in [0, 0.1) is 46.3 Å². The van der Waals surface area contributed by atoms with E-state index in [4.69, 9.17) is 4.74 Å². The molecule has 0 amide bonds. The van der Waals surface area contributed by atoms with E-state index in [1.807, 2.05) is 0 Å². The molecule has 0 aromatic carbocycles. The first-order valence-electron chi connectivity index (χ1n) is 13.9. The molecule has 0 spiro atoms. The van der Waals surface area contributed by atoms with Crippen molar-refractivity contribution in [1.29, 1.82) is 0 Å². The van der Waals surface area contributed by atoms with E-state index in [1.165, 1.54) is 51.9 Å². The first-order chi connectivity index (χ1) is 15.0. The summed E-state index contributed by atoms with van der Waals surface area (Å²) in [7, 11) is 0. The number of carbonyl (C=O) groups is 1. The first kappa shape index (κ1) is 24.6. The molecule has 3 nitrogen and oxygen atoms in total. The van der Waals surface area contributed by atoms with E-state index in [1.54, 1.807) is 0 Å². The van der Waals surface area contributed by atoms with E-state index in [9.17, 15) is 9.90 Å². The smallest absolute Gasteiger partial charge is 0.303 e. The Balaban J connectivity index is 1.51. The zero-order chi connectivity index (χ0) is 23.3. The molecule has 32 heavy (non-hydrogen) atoms. The quantitative estimate of drug-likeness (QED) is 0.440. The van der Waals surface area contributed by atoms with Gasteiger partial charge in [-0.3, -0.25) is 4.79 Å². The largest absolute Gasteiger partial charge is 0.459 e. The molecule has 0 aliphatic heterocycles. The lowest BCUT2D eigenvalue weighted by Crippen LogP contribution is -2.66. The fraction of sp³-hybridized carbons (Fsp3) is 0.966. The predicted molar refractivity (Wildman–Crippen MR) is 130 cm³/mol. The molecule has 0 aromatic rings. The maximum Gasteiger partial charge on any atom is 0.303 e. The maximum absolute atomic E-state index is 12.0. The molecule has 184 valence electrons. The van der Waals surface area contributed by atoms with E-state index in [0.29, 0.717) is 11.3 Å². The lowest BCUT2D eigenvalue weighted by molar-refractivity contribution is -0.252. The number of ether oxygens (including phenoxy) is 1. The molecule has 3 heteroatoms. The van der Waals surface area contributed by atoms with Crippen LogP contribution in [0.3, 0.4) is 0 Å². The molecule has 4 aliphatic carbocycles. The number of hydrogen-bond acceptors (Lipinski definition) is 3. The topological polar surface area (TPSA) is 46.5 Å². The fourth-order valence-corrected chi connectivity index (χ4v) is 9.68. The third kappa shape index (κ3) is 3.87. The molecule has 0 bridgehead atoms. The van der Waals surface area contributed by atoms with Crippen molar-refractivity contribution in [1.82, 2.24) is 0 Å². The second-order valence-corrected chi connectivity index (χ2v) is 13.3. The highest BCUT2D eigenvalue weighted by Gasteiger charge is 2.66. The normalized spacial score (nSPS) is 46.8. The fourth-order valence-electron chi connectivity index (χ4n) is 9.68. The summed E-state index contributed by atoms with van der Waals surface area (Å²) in [6, 6.07) is 0. The van der Waals surface area contributed by atoms with Gasteiger partial charge in [0.25, 0.3) is 0 Å². The van der Waals surface area contributed by atoms with Gasteiger partial charge < -0.3 is 9.84 Å². The number of rotatable bonds is 6. The van der Waals surface area contributed by atoms with Crippen molar-refractivity contribution in [3.05, 3.63) is 0 Å². The molecule has 0 radical (unpaired) electrons. The number of fused-ring (bicyclic) bond motifs is 5. The summed E-state index contributed by atoms with van der Waals surface area (Å²) in [5, 5.41) is 12.0. The van der Waals surface area contributed by atoms with E-state index >= 15 is 0 Å². The van der Waals surface area contributed by atoms with Gasteiger partial charge in [-0.1, -0.05) is 53.9 Å². The Morgan fingerprint density at radius 3 is 2.41 bits per heavy atom. The molecular formula is C29H50O3. The Kier molecular flexibility index (Phi) is 6.83. The molecule has 1 N–H and O–H groups in total. The predicted octanol–water partition coefficient (Wildman–Crippen LogP) is 7.15. The minimum atomic E-state index is -0.839. The van der Waals surface area contributed by atoms with Gasteiger partial charge in [0.2, 0.25) is 0 Å². The van der Waals surface area contributed by atoms with Gasteiger partial charge in [-0.2, -0.15) is 0 Å². The number of carbonyl (C=O) groups excluding carboxylic acids is 1. The van der Waals surface area contributed by atoms with Crippen molar-refractivity contribution in [2.24, 2.45) is 46.3 Å². The standard InChI is InChI=1S/C29H50O3/c1-19(2)9-7-10-20(3)23-12-13-24-22-14-18-29(31)26(32-21(4)30)11-8-16-28(29,6)25(22)15-17-27(23,24)5/h19-20,22-26,31H,7-18H2,1-6H3/t20-,22+,23-,24+,25+,26+,27-,28-,29-/m1/s1. The average molecular weight is 447 g/mol. The summed E-state index contributed by atoms with van der Waals surface area (Å²) in [5.74, 6) is 4.41. The van der Waals surface area contributed by atoms with E-state index in [2.05, 4.69) is 34.6 Å². The third-order valence-electron chi connectivity index (χ3n) is 11.3. The molecule has 4 aliphatic rings. The van der Waals surface area contributed by atoms with Crippen molar-refractivity contribution in [3.8, 4) is 0 Å². The Morgan fingerprint density at radius 1 is 0.969 bits per heavy atom. The van der Waals surface area contributed by atoms with Crippen molar-refractivity contribution in [2.45, 2.75) is 130 Å². The summed E-state index contributed by atoms with van der Waals surface area (Å²) in [4.78, 5) is 11.8. The summed E-state index contributed by atoms with van der Waals surface area (Å²) in [5.41, 5.74) is -0.473. The van der Waals surface area contributed by atoms with E-state index in [-0.39, 0.29) is 17.5 Å². The van der Waals surface area contributed by atoms with Gasteiger partial charge in [0.15, 0.2) is 0 Å². The van der Waals surface area contributed by atoms with Crippen LogP contribution in [0.2, 0.25) is 0 Å². The molecular weight excluding hydrogens is 396 g/mol.